The number of nitrogens with one attached hydrogen (secondary N) is 1. The maximum absolute atomic E-state index is 12.1. The van der Waals surface area contributed by atoms with Gasteiger partial charge in [0.25, 0.3) is 10.1 Å². The van der Waals surface area contributed by atoms with Crippen LogP contribution in [0.1, 0.15) is 70.9 Å². The summed E-state index contributed by atoms with van der Waals surface area (Å²) in [5, 5.41) is 2.87. The number of nitrogens with two attached hydrogens (primary N) is 1. The Labute approximate surface area is 272 Å². The fourth-order valence-electron chi connectivity index (χ4n) is 6.41. The smallest absolute Gasteiger partial charge is 0.294 e. The summed E-state index contributed by atoms with van der Waals surface area (Å²) in [6.07, 6.45) is 9.37. The highest BCUT2D eigenvalue weighted by Gasteiger charge is 2.44. The minimum absolute atomic E-state index is 0.00633. The van der Waals surface area contributed by atoms with E-state index in [1.807, 2.05) is 57.5 Å². The molecule has 250 valence electrons. The fraction of sp³-hybridized carbons (Fsp3) is 0.455. The number of fused-ring (bicyclic) bond motifs is 2. The molecule has 11 nitrogen and oxygen atoms in total. The van der Waals surface area contributed by atoms with Gasteiger partial charge in [-0.2, -0.15) is 13.0 Å². The van der Waals surface area contributed by atoms with Gasteiger partial charge in [-0.3, -0.25) is 9.35 Å². The second-order valence-electron chi connectivity index (χ2n) is 12.8. The van der Waals surface area contributed by atoms with Gasteiger partial charge in [-0.15, -0.1) is 0 Å². The molecule has 0 aromatic heterocycles. The Hall–Kier alpha value is -3.36. The molecule has 0 bridgehead atoms. The molecule has 0 saturated heterocycles. The van der Waals surface area contributed by atoms with E-state index in [4.69, 9.17) is 5.73 Å². The van der Waals surface area contributed by atoms with Crippen LogP contribution < -0.4 is 16.0 Å². The number of carbonyl (C=O) groups excluding carboxylic acids is 1. The molecular formula is C33H44N4O7S2. The Morgan fingerprint density at radius 1 is 0.978 bits per heavy atom. The van der Waals surface area contributed by atoms with Crippen LogP contribution in [0, 0.1) is 0 Å². The van der Waals surface area contributed by atoms with Crippen molar-refractivity contribution in [3.63, 3.8) is 0 Å². The van der Waals surface area contributed by atoms with E-state index in [1.165, 1.54) is 24.3 Å². The van der Waals surface area contributed by atoms with Crippen molar-refractivity contribution in [2.45, 2.75) is 80.4 Å². The highest BCUT2D eigenvalue weighted by atomic mass is 32.2. The second-order valence-corrected chi connectivity index (χ2v) is 15.6. The zero-order valence-electron chi connectivity index (χ0n) is 27.0. The Kier molecular flexibility index (Phi) is 10.3. The van der Waals surface area contributed by atoms with E-state index < -0.39 is 31.1 Å². The zero-order valence-corrected chi connectivity index (χ0v) is 28.7. The topological polar surface area (TPSA) is 173 Å². The van der Waals surface area contributed by atoms with E-state index >= 15 is 0 Å². The predicted octanol–water partition coefficient (Wildman–Crippen LogP) is 4.11. The SMILES string of the molecule is C[N+]1=C(C=CC=C2N(CCCCCC(=O)NCCCN)c3ccc(S(=O)(=O)[O-])cc3C2(C)C)C(C)(C)c2cc(S(=O)(=O)O)ccc21. The van der Waals surface area contributed by atoms with Crippen LogP contribution in [0.15, 0.2) is 70.1 Å². The maximum atomic E-state index is 12.1. The van der Waals surface area contributed by atoms with Crippen molar-refractivity contribution >= 4 is 43.2 Å². The van der Waals surface area contributed by atoms with Gasteiger partial charge in [0.2, 0.25) is 11.6 Å². The molecule has 0 fully saturated rings. The second kappa shape index (κ2) is 13.4. The quantitative estimate of drug-likeness (QED) is 0.161. The van der Waals surface area contributed by atoms with Gasteiger partial charge in [0.1, 0.15) is 17.2 Å². The molecule has 2 aromatic rings. The van der Waals surface area contributed by atoms with Crippen molar-refractivity contribution in [1.29, 1.82) is 0 Å². The average Bonchev–Trinajstić information content (AvgIpc) is 3.29. The van der Waals surface area contributed by atoms with Crippen LogP contribution in [0.2, 0.25) is 0 Å². The highest BCUT2D eigenvalue weighted by Crippen LogP contribution is 2.48. The molecule has 2 heterocycles. The molecule has 4 N–H and O–H groups in total. The first-order chi connectivity index (χ1) is 21.4. The molecule has 1 amide bonds. The molecular weight excluding hydrogens is 629 g/mol. The van der Waals surface area contributed by atoms with Crippen LogP contribution in [0.4, 0.5) is 11.4 Å². The summed E-state index contributed by atoms with van der Waals surface area (Å²) in [5.41, 5.74) is 9.29. The highest BCUT2D eigenvalue weighted by molar-refractivity contribution is 7.86. The lowest BCUT2D eigenvalue weighted by molar-refractivity contribution is -0.401. The summed E-state index contributed by atoms with van der Waals surface area (Å²) in [4.78, 5) is 13.8. The molecule has 0 spiro atoms. The van der Waals surface area contributed by atoms with E-state index in [2.05, 4.69) is 10.2 Å². The summed E-state index contributed by atoms with van der Waals surface area (Å²) in [5.74, 6) is 0.00633. The predicted molar refractivity (Wildman–Crippen MR) is 177 cm³/mol. The van der Waals surface area contributed by atoms with Gasteiger partial charge in [-0.25, -0.2) is 8.42 Å². The molecule has 46 heavy (non-hydrogen) atoms. The monoisotopic (exact) mass is 672 g/mol. The first kappa shape index (κ1) is 35.5. The number of rotatable bonds is 13. The molecule has 2 aromatic carbocycles. The zero-order chi connectivity index (χ0) is 34.1. The Balaban J connectivity index is 1.61. The number of amides is 1. The van der Waals surface area contributed by atoms with Gasteiger partial charge in [-0.1, -0.05) is 26.3 Å². The minimum Gasteiger partial charge on any atom is -0.744 e. The lowest BCUT2D eigenvalue weighted by Crippen LogP contribution is -2.28. The van der Waals surface area contributed by atoms with Crippen molar-refractivity contribution in [2.24, 2.45) is 5.73 Å². The van der Waals surface area contributed by atoms with Crippen molar-refractivity contribution in [1.82, 2.24) is 5.32 Å². The summed E-state index contributed by atoms with van der Waals surface area (Å²) < 4.78 is 70.9. The first-order valence-electron chi connectivity index (χ1n) is 15.4. The van der Waals surface area contributed by atoms with Crippen molar-refractivity contribution in [3.05, 3.63) is 71.5 Å². The van der Waals surface area contributed by atoms with Crippen LogP contribution in [0.25, 0.3) is 0 Å². The van der Waals surface area contributed by atoms with Crippen LogP contribution in [-0.2, 0) is 35.9 Å². The Morgan fingerprint density at radius 2 is 1.65 bits per heavy atom. The maximum Gasteiger partial charge on any atom is 0.294 e. The number of allylic oxidation sites excluding steroid dienone is 4. The summed E-state index contributed by atoms with van der Waals surface area (Å²) in [7, 11) is -7.10. The molecule has 0 atom stereocenters. The van der Waals surface area contributed by atoms with E-state index in [-0.39, 0.29) is 15.7 Å². The average molecular weight is 673 g/mol. The van der Waals surface area contributed by atoms with Crippen LogP contribution in [0.3, 0.4) is 0 Å². The largest absolute Gasteiger partial charge is 0.744 e. The van der Waals surface area contributed by atoms with Crippen molar-refractivity contribution < 1.29 is 35.3 Å². The van der Waals surface area contributed by atoms with Gasteiger partial charge in [-0.05, 0) is 81.6 Å². The number of unbranched alkanes of at least 4 members (excludes halogenated alkanes) is 2. The number of nitrogens with zero attached hydrogens (tertiary/aromatic N) is 2. The molecule has 4 rings (SSSR count). The van der Waals surface area contributed by atoms with Gasteiger partial charge in [0.05, 0.1) is 15.2 Å². The number of hydrogen-bond acceptors (Lipinski definition) is 8. The number of benzene rings is 2. The summed E-state index contributed by atoms with van der Waals surface area (Å²) in [6, 6.07) is 9.07. The van der Waals surface area contributed by atoms with Gasteiger partial charge < -0.3 is 20.5 Å². The lowest BCUT2D eigenvalue weighted by Gasteiger charge is -2.27. The third-order valence-electron chi connectivity index (χ3n) is 8.95. The molecule has 0 saturated carbocycles. The number of carbonyl (C=O) groups is 1. The molecule has 13 heteroatoms. The van der Waals surface area contributed by atoms with E-state index in [0.29, 0.717) is 26.1 Å². The van der Waals surface area contributed by atoms with E-state index in [1.54, 1.807) is 12.1 Å². The summed E-state index contributed by atoms with van der Waals surface area (Å²) >= 11 is 0. The van der Waals surface area contributed by atoms with E-state index in [9.17, 15) is 30.7 Å². The van der Waals surface area contributed by atoms with E-state index in [0.717, 1.165) is 59.6 Å². The fourth-order valence-corrected chi connectivity index (χ4v) is 7.41. The number of hydrogen-bond donors (Lipinski definition) is 3. The molecule has 0 radical (unpaired) electrons. The van der Waals surface area contributed by atoms with Gasteiger partial charge in [0, 0.05) is 54.0 Å². The summed E-state index contributed by atoms with van der Waals surface area (Å²) in [6.45, 7) is 9.68. The molecule has 2 aliphatic rings. The third kappa shape index (κ3) is 7.28. The van der Waals surface area contributed by atoms with Gasteiger partial charge >= 0.3 is 0 Å². The van der Waals surface area contributed by atoms with Crippen LogP contribution >= 0.6 is 0 Å². The normalized spacial score (nSPS) is 18.0. The van der Waals surface area contributed by atoms with Gasteiger partial charge in [0.15, 0.2) is 5.71 Å². The minimum atomic E-state index is -4.65. The van der Waals surface area contributed by atoms with Crippen LogP contribution in [0.5, 0.6) is 0 Å². The Bertz CT molecular complexity index is 1830. The first-order valence-corrected chi connectivity index (χ1v) is 18.2. The lowest BCUT2D eigenvalue weighted by atomic mass is 9.81. The van der Waals surface area contributed by atoms with Crippen molar-refractivity contribution in [3.8, 4) is 0 Å². The molecule has 2 aliphatic heterocycles. The van der Waals surface area contributed by atoms with Crippen molar-refractivity contribution in [2.75, 3.05) is 31.6 Å². The Morgan fingerprint density at radius 3 is 2.30 bits per heavy atom. The third-order valence-corrected chi connectivity index (χ3v) is 10.6. The van der Waals surface area contributed by atoms with Crippen LogP contribution in [-0.4, -0.2) is 68.8 Å². The molecule has 0 unspecified atom stereocenters. The number of anilines is 1. The molecule has 0 aliphatic carbocycles. The standard InChI is InChI=1S/C33H44N4O7S2/c1-32(2)25-21-23(45(39,40)41)14-16-27(25)36(5)29(32)11-9-12-30-33(3,4)26-22-24(46(42,43)44)15-17-28(26)37(30)20-8-6-7-13-31(38)35-19-10-18-34/h9,11-12,14-17,21-22H,6-8,10,13,18-20,34H2,1-5H3,(H2-,35,38,39,40,41,42,43,44).